The molecule has 0 radical (unpaired) electrons. The topological polar surface area (TPSA) is 198 Å². The van der Waals surface area contributed by atoms with E-state index in [9.17, 15) is 20.4 Å². The Kier molecular flexibility index (Phi) is 5.72. The Bertz CT molecular complexity index is 375. The molecule has 0 aromatic heterocycles. The van der Waals surface area contributed by atoms with Crippen molar-refractivity contribution in [3.63, 3.8) is 0 Å². The fourth-order valence-corrected chi connectivity index (χ4v) is 2.85. The van der Waals surface area contributed by atoms with Gasteiger partial charge in [0.25, 0.3) is 0 Å². The van der Waals surface area contributed by atoms with E-state index in [1.165, 1.54) is 0 Å². The maximum absolute atomic E-state index is 10.0. The Morgan fingerprint density at radius 3 is 2.14 bits per heavy atom. The highest BCUT2D eigenvalue weighted by Crippen LogP contribution is 2.27. The minimum absolute atomic E-state index is 0.212. The molecule has 2 rings (SSSR count). The van der Waals surface area contributed by atoms with Gasteiger partial charge in [0.05, 0.1) is 18.8 Å². The molecule has 2 aliphatic rings. The van der Waals surface area contributed by atoms with Crippen LogP contribution in [0.4, 0.5) is 0 Å². The Morgan fingerprint density at radius 2 is 1.55 bits per heavy atom. The first kappa shape index (κ1) is 17.9. The smallest absolute Gasteiger partial charge is 0.186 e. The molecule has 1 saturated heterocycles. The highest BCUT2D eigenvalue weighted by Gasteiger charge is 2.48. The maximum atomic E-state index is 10.0. The first-order chi connectivity index (χ1) is 10.3. The molecule has 0 amide bonds. The largest absolute Gasteiger partial charge is 0.394 e. The lowest BCUT2D eigenvalue weighted by molar-refractivity contribution is -0.304. The zero-order chi connectivity index (χ0) is 16.6. The Labute approximate surface area is 127 Å². The molecule has 0 spiro atoms. The molecule has 10 heteroatoms. The average molecular weight is 323 g/mol. The third-order valence-corrected chi connectivity index (χ3v) is 4.32. The van der Waals surface area contributed by atoms with E-state index in [1.807, 2.05) is 0 Å². The van der Waals surface area contributed by atoms with E-state index in [1.54, 1.807) is 0 Å². The van der Waals surface area contributed by atoms with Crippen molar-refractivity contribution in [1.29, 1.82) is 0 Å². The van der Waals surface area contributed by atoms with Gasteiger partial charge in [0, 0.05) is 12.1 Å². The predicted molar refractivity (Wildman–Crippen MR) is 73.2 cm³/mol. The second-order valence-electron chi connectivity index (χ2n) is 5.93. The molecule has 10 nitrogen and oxygen atoms in total. The molecule has 10 atom stereocenters. The highest BCUT2D eigenvalue weighted by atomic mass is 16.7. The van der Waals surface area contributed by atoms with Crippen LogP contribution in [0.3, 0.4) is 0 Å². The van der Waals surface area contributed by atoms with Crippen LogP contribution < -0.4 is 17.2 Å². The van der Waals surface area contributed by atoms with Gasteiger partial charge in [-0.15, -0.1) is 0 Å². The standard InChI is InChI=1S/C12H25N3O7/c13-3-1-4(14)11(10(20)7(3)17)22-12-9(19)6(15)8(18)5(2-16)21-12/h3-12,16-20H,1-2,13-15H2/t3-,4+,5?,6-,7?,8+,9?,10?,11-,12+/m0/s1. The Hall–Kier alpha value is -0.400. The first-order valence-electron chi connectivity index (χ1n) is 7.18. The summed E-state index contributed by atoms with van der Waals surface area (Å²) in [5.41, 5.74) is 17.2. The third-order valence-electron chi connectivity index (χ3n) is 4.32. The number of rotatable bonds is 3. The van der Waals surface area contributed by atoms with E-state index in [0.717, 1.165) is 0 Å². The molecule has 11 N–H and O–H groups in total. The summed E-state index contributed by atoms with van der Waals surface area (Å²) in [5, 5.41) is 48.8. The van der Waals surface area contributed by atoms with Crippen molar-refractivity contribution in [2.45, 2.75) is 67.5 Å². The number of aliphatic hydroxyl groups is 5. The molecule has 0 aromatic rings. The lowest BCUT2D eigenvalue weighted by Crippen LogP contribution is -2.67. The highest BCUT2D eigenvalue weighted by molar-refractivity contribution is 4.99. The molecule has 1 aliphatic carbocycles. The average Bonchev–Trinajstić information content (AvgIpc) is 2.49. The van der Waals surface area contributed by atoms with Gasteiger partial charge in [-0.05, 0) is 6.42 Å². The van der Waals surface area contributed by atoms with Crippen molar-refractivity contribution in [3.8, 4) is 0 Å². The molecule has 130 valence electrons. The number of hydrogen-bond donors (Lipinski definition) is 8. The summed E-state index contributed by atoms with van der Waals surface area (Å²) in [6, 6.07) is -2.46. The monoisotopic (exact) mass is 323 g/mol. The second-order valence-corrected chi connectivity index (χ2v) is 5.93. The fraction of sp³-hybridized carbons (Fsp3) is 1.00. The van der Waals surface area contributed by atoms with Gasteiger partial charge < -0.3 is 52.2 Å². The number of hydrogen-bond acceptors (Lipinski definition) is 10. The maximum Gasteiger partial charge on any atom is 0.186 e. The quantitative estimate of drug-likeness (QED) is 0.248. The van der Waals surface area contributed by atoms with Crippen LogP contribution in [0.2, 0.25) is 0 Å². The van der Waals surface area contributed by atoms with E-state index < -0.39 is 67.6 Å². The van der Waals surface area contributed by atoms with Crippen LogP contribution in [0.5, 0.6) is 0 Å². The van der Waals surface area contributed by atoms with E-state index in [4.69, 9.17) is 31.8 Å². The normalized spacial score (nSPS) is 53.5. The minimum Gasteiger partial charge on any atom is -0.394 e. The van der Waals surface area contributed by atoms with Crippen molar-refractivity contribution >= 4 is 0 Å². The van der Waals surface area contributed by atoms with Gasteiger partial charge in [-0.1, -0.05) is 0 Å². The van der Waals surface area contributed by atoms with Crippen LogP contribution in [0.15, 0.2) is 0 Å². The third kappa shape index (κ3) is 3.26. The van der Waals surface area contributed by atoms with Crippen LogP contribution in [0.1, 0.15) is 6.42 Å². The van der Waals surface area contributed by atoms with Crippen molar-refractivity contribution < 1.29 is 35.0 Å². The van der Waals surface area contributed by atoms with Gasteiger partial charge in [0.2, 0.25) is 0 Å². The molecule has 1 aliphatic heterocycles. The van der Waals surface area contributed by atoms with Gasteiger partial charge in [-0.2, -0.15) is 0 Å². The number of nitrogens with two attached hydrogens (primary N) is 3. The summed E-state index contributed by atoms with van der Waals surface area (Å²) in [6.07, 6.45) is -8.38. The van der Waals surface area contributed by atoms with Gasteiger partial charge in [0.15, 0.2) is 6.29 Å². The van der Waals surface area contributed by atoms with Crippen LogP contribution >= 0.6 is 0 Å². The summed E-state index contributed by atoms with van der Waals surface area (Å²) in [6.45, 7) is -0.520. The molecule has 2 fully saturated rings. The zero-order valence-corrected chi connectivity index (χ0v) is 12.0. The summed E-state index contributed by atoms with van der Waals surface area (Å²) < 4.78 is 10.7. The molecule has 1 heterocycles. The molecule has 22 heavy (non-hydrogen) atoms. The Morgan fingerprint density at radius 1 is 0.909 bits per heavy atom. The number of aliphatic hydroxyl groups excluding tert-OH is 5. The van der Waals surface area contributed by atoms with Crippen molar-refractivity contribution in [1.82, 2.24) is 0 Å². The molecular weight excluding hydrogens is 298 g/mol. The summed E-state index contributed by atoms with van der Waals surface area (Å²) >= 11 is 0. The van der Waals surface area contributed by atoms with Crippen LogP contribution in [0, 0.1) is 0 Å². The first-order valence-corrected chi connectivity index (χ1v) is 7.18. The van der Waals surface area contributed by atoms with Gasteiger partial charge in [-0.25, -0.2) is 0 Å². The SMILES string of the molecule is N[C@@H]1C[C@H](N)C(O)C(O)[C@H]1O[C@H]1OC(CO)[C@@H](O)[C@H](N)C1O. The van der Waals surface area contributed by atoms with Crippen LogP contribution in [0.25, 0.3) is 0 Å². The van der Waals surface area contributed by atoms with Gasteiger partial charge >= 0.3 is 0 Å². The van der Waals surface area contributed by atoms with Crippen molar-refractivity contribution in [3.05, 3.63) is 0 Å². The lowest BCUT2D eigenvalue weighted by atomic mass is 9.84. The molecule has 0 aromatic carbocycles. The molecule has 4 unspecified atom stereocenters. The summed E-state index contributed by atoms with van der Waals surface area (Å²) in [7, 11) is 0. The van der Waals surface area contributed by atoms with Gasteiger partial charge in [-0.3, -0.25) is 0 Å². The molecule has 1 saturated carbocycles. The zero-order valence-electron chi connectivity index (χ0n) is 12.0. The minimum atomic E-state index is -1.38. The van der Waals surface area contributed by atoms with Crippen LogP contribution in [-0.2, 0) is 9.47 Å². The van der Waals surface area contributed by atoms with E-state index in [-0.39, 0.29) is 6.42 Å². The lowest BCUT2D eigenvalue weighted by Gasteiger charge is -2.45. The number of ether oxygens (including phenoxy) is 2. The molecule has 0 bridgehead atoms. The summed E-state index contributed by atoms with van der Waals surface area (Å²) in [5.74, 6) is 0. The predicted octanol–water partition coefficient (Wildman–Crippen LogP) is -5.08. The van der Waals surface area contributed by atoms with E-state index in [2.05, 4.69) is 0 Å². The van der Waals surface area contributed by atoms with Crippen LogP contribution in [-0.4, -0.2) is 93.2 Å². The second kappa shape index (κ2) is 7.01. The van der Waals surface area contributed by atoms with E-state index in [0.29, 0.717) is 0 Å². The molecular formula is C12H25N3O7. The van der Waals surface area contributed by atoms with Crippen molar-refractivity contribution in [2.24, 2.45) is 17.2 Å². The van der Waals surface area contributed by atoms with Gasteiger partial charge in [0.1, 0.15) is 30.5 Å². The van der Waals surface area contributed by atoms with Crippen molar-refractivity contribution in [2.75, 3.05) is 6.61 Å². The Balaban J connectivity index is 2.08. The fourth-order valence-electron chi connectivity index (χ4n) is 2.85. The summed E-state index contributed by atoms with van der Waals surface area (Å²) in [4.78, 5) is 0. The van der Waals surface area contributed by atoms with E-state index >= 15 is 0 Å².